The topological polar surface area (TPSA) is 83.5 Å². The van der Waals surface area contributed by atoms with E-state index in [4.69, 9.17) is 0 Å². The SMILES string of the molecule is O=C(N[C@@H](CC[S@@](=O)c1ccccc1)C(=O)O)c1ccc(F)cc1. The summed E-state index contributed by atoms with van der Waals surface area (Å²) in [6.45, 7) is 0. The van der Waals surface area contributed by atoms with E-state index >= 15 is 0 Å². The molecule has 0 radical (unpaired) electrons. The maximum atomic E-state index is 12.9. The van der Waals surface area contributed by atoms with Crippen LogP contribution in [0, 0.1) is 5.82 Å². The van der Waals surface area contributed by atoms with Crippen molar-refractivity contribution in [3.05, 3.63) is 66.0 Å². The summed E-state index contributed by atoms with van der Waals surface area (Å²) >= 11 is 0. The lowest BCUT2D eigenvalue weighted by molar-refractivity contribution is -0.139. The van der Waals surface area contributed by atoms with E-state index in [2.05, 4.69) is 5.32 Å². The molecule has 0 heterocycles. The molecule has 0 saturated carbocycles. The molecule has 126 valence electrons. The van der Waals surface area contributed by atoms with Crippen LogP contribution in [-0.2, 0) is 15.6 Å². The Kier molecular flexibility index (Phi) is 6.20. The van der Waals surface area contributed by atoms with E-state index < -0.39 is 34.5 Å². The van der Waals surface area contributed by atoms with Crippen LogP contribution in [0.1, 0.15) is 16.8 Å². The highest BCUT2D eigenvalue weighted by Crippen LogP contribution is 2.09. The summed E-state index contributed by atoms with van der Waals surface area (Å²) in [7, 11) is -1.35. The summed E-state index contributed by atoms with van der Waals surface area (Å²) in [4.78, 5) is 23.9. The third-order valence-electron chi connectivity index (χ3n) is 3.31. The number of amides is 1. The van der Waals surface area contributed by atoms with E-state index in [9.17, 15) is 23.3 Å². The second-order valence-electron chi connectivity index (χ2n) is 5.02. The van der Waals surface area contributed by atoms with E-state index in [1.807, 2.05) is 0 Å². The number of aliphatic carboxylic acids is 1. The zero-order valence-corrected chi connectivity index (χ0v) is 13.5. The summed E-state index contributed by atoms with van der Waals surface area (Å²) in [5.41, 5.74) is 0.159. The van der Waals surface area contributed by atoms with Gasteiger partial charge in [-0.3, -0.25) is 9.00 Å². The van der Waals surface area contributed by atoms with Crippen molar-refractivity contribution < 1.29 is 23.3 Å². The van der Waals surface area contributed by atoms with Crippen LogP contribution in [-0.4, -0.2) is 33.0 Å². The molecule has 0 unspecified atom stereocenters. The Bertz CT molecular complexity index is 734. The molecule has 1 amide bonds. The van der Waals surface area contributed by atoms with Crippen molar-refractivity contribution in [2.24, 2.45) is 0 Å². The summed E-state index contributed by atoms with van der Waals surface area (Å²) in [6, 6.07) is 12.3. The molecule has 24 heavy (non-hydrogen) atoms. The van der Waals surface area contributed by atoms with E-state index in [1.54, 1.807) is 30.3 Å². The van der Waals surface area contributed by atoms with Crippen LogP contribution in [0.4, 0.5) is 4.39 Å². The van der Waals surface area contributed by atoms with Crippen molar-refractivity contribution in [2.45, 2.75) is 17.4 Å². The Morgan fingerprint density at radius 2 is 1.71 bits per heavy atom. The molecule has 5 nitrogen and oxygen atoms in total. The Labute approximate surface area is 141 Å². The van der Waals surface area contributed by atoms with Crippen molar-refractivity contribution in [1.82, 2.24) is 5.32 Å². The minimum atomic E-state index is -1.35. The molecule has 0 bridgehead atoms. The normalized spacial score (nSPS) is 13.0. The molecule has 0 aliphatic carbocycles. The predicted octanol–water partition coefficient (Wildman–Crippen LogP) is 2.21. The van der Waals surface area contributed by atoms with Crippen LogP contribution >= 0.6 is 0 Å². The maximum Gasteiger partial charge on any atom is 0.326 e. The first-order valence-electron chi connectivity index (χ1n) is 7.20. The largest absolute Gasteiger partial charge is 0.480 e. The third kappa shape index (κ3) is 4.99. The van der Waals surface area contributed by atoms with Gasteiger partial charge in [0.2, 0.25) is 0 Å². The molecule has 2 rings (SSSR count). The first-order valence-corrected chi connectivity index (χ1v) is 8.52. The van der Waals surface area contributed by atoms with Gasteiger partial charge in [-0.05, 0) is 42.8 Å². The second kappa shape index (κ2) is 8.35. The minimum absolute atomic E-state index is 0.0176. The molecule has 0 aliphatic heterocycles. The number of hydrogen-bond donors (Lipinski definition) is 2. The zero-order chi connectivity index (χ0) is 17.5. The molecular formula is C17H16FNO4S. The molecule has 0 saturated heterocycles. The molecule has 0 spiro atoms. The lowest BCUT2D eigenvalue weighted by atomic mass is 10.1. The number of carboxylic acids is 1. The van der Waals surface area contributed by atoms with Crippen LogP contribution in [0.5, 0.6) is 0 Å². The van der Waals surface area contributed by atoms with Gasteiger partial charge in [-0.1, -0.05) is 18.2 Å². The average Bonchev–Trinajstić information content (AvgIpc) is 2.59. The molecule has 2 aromatic carbocycles. The van der Waals surface area contributed by atoms with Gasteiger partial charge >= 0.3 is 5.97 Å². The lowest BCUT2D eigenvalue weighted by Gasteiger charge is -2.14. The van der Waals surface area contributed by atoms with E-state index in [1.165, 1.54) is 12.1 Å². The van der Waals surface area contributed by atoms with Gasteiger partial charge in [0.05, 0.1) is 10.8 Å². The number of carbonyl (C=O) groups is 2. The van der Waals surface area contributed by atoms with Crippen LogP contribution in [0.15, 0.2) is 59.5 Å². The van der Waals surface area contributed by atoms with Crippen LogP contribution in [0.3, 0.4) is 0 Å². The fraction of sp³-hybridized carbons (Fsp3) is 0.176. The highest BCUT2D eigenvalue weighted by molar-refractivity contribution is 7.85. The fourth-order valence-corrected chi connectivity index (χ4v) is 3.16. The molecule has 0 aromatic heterocycles. The van der Waals surface area contributed by atoms with Gasteiger partial charge in [-0.2, -0.15) is 0 Å². The van der Waals surface area contributed by atoms with Gasteiger partial charge in [0.25, 0.3) is 5.91 Å². The Morgan fingerprint density at radius 3 is 2.29 bits per heavy atom. The van der Waals surface area contributed by atoms with Gasteiger partial charge in [0, 0.05) is 16.2 Å². The average molecular weight is 349 g/mol. The minimum Gasteiger partial charge on any atom is -0.480 e. The van der Waals surface area contributed by atoms with Gasteiger partial charge in [0.15, 0.2) is 0 Å². The fourth-order valence-electron chi connectivity index (χ4n) is 2.02. The Morgan fingerprint density at radius 1 is 1.08 bits per heavy atom. The van der Waals surface area contributed by atoms with Crippen molar-refractivity contribution >= 4 is 22.7 Å². The van der Waals surface area contributed by atoms with Gasteiger partial charge in [-0.15, -0.1) is 0 Å². The van der Waals surface area contributed by atoms with Crippen molar-refractivity contribution in [3.8, 4) is 0 Å². The van der Waals surface area contributed by atoms with Gasteiger partial charge in [0.1, 0.15) is 11.9 Å². The first-order chi connectivity index (χ1) is 11.5. The number of carboxylic acid groups (broad SMARTS) is 1. The number of carbonyl (C=O) groups excluding carboxylic acids is 1. The maximum absolute atomic E-state index is 12.9. The molecule has 7 heteroatoms. The van der Waals surface area contributed by atoms with Crippen LogP contribution in [0.25, 0.3) is 0 Å². The predicted molar refractivity (Wildman–Crippen MR) is 87.6 cm³/mol. The summed E-state index contributed by atoms with van der Waals surface area (Å²) in [6.07, 6.45) is 0.0176. The molecular weight excluding hydrogens is 333 g/mol. The first kappa shape index (κ1) is 17.8. The van der Waals surface area contributed by atoms with E-state index in [0.29, 0.717) is 4.90 Å². The highest BCUT2D eigenvalue weighted by Gasteiger charge is 2.21. The summed E-state index contributed by atoms with van der Waals surface area (Å²) in [5, 5.41) is 11.6. The number of rotatable bonds is 7. The highest BCUT2D eigenvalue weighted by atomic mass is 32.2. The number of hydrogen-bond acceptors (Lipinski definition) is 3. The van der Waals surface area contributed by atoms with Crippen molar-refractivity contribution in [3.63, 3.8) is 0 Å². The smallest absolute Gasteiger partial charge is 0.326 e. The molecule has 2 atom stereocenters. The molecule has 2 N–H and O–H groups in total. The lowest BCUT2D eigenvalue weighted by Crippen LogP contribution is -2.41. The van der Waals surface area contributed by atoms with Crippen molar-refractivity contribution in [1.29, 1.82) is 0 Å². The standard InChI is InChI=1S/C17H16FNO4S/c18-13-8-6-12(7-9-13)16(20)19-15(17(21)22)10-11-24(23)14-4-2-1-3-5-14/h1-9,15H,10-11H2,(H,19,20)(H,21,22)/t15-,24+/m0/s1. The zero-order valence-electron chi connectivity index (χ0n) is 12.6. The second-order valence-corrected chi connectivity index (χ2v) is 6.59. The van der Waals surface area contributed by atoms with E-state index in [0.717, 1.165) is 12.1 Å². The Hall–Kier alpha value is -2.54. The van der Waals surface area contributed by atoms with Crippen molar-refractivity contribution in [2.75, 3.05) is 5.75 Å². The molecule has 0 aliphatic rings. The van der Waals surface area contributed by atoms with Crippen LogP contribution in [0.2, 0.25) is 0 Å². The number of nitrogens with one attached hydrogen (secondary N) is 1. The number of halogens is 1. The van der Waals surface area contributed by atoms with E-state index in [-0.39, 0.29) is 17.7 Å². The summed E-state index contributed by atoms with van der Waals surface area (Å²) < 4.78 is 25.0. The Balaban J connectivity index is 1.97. The number of benzene rings is 2. The monoisotopic (exact) mass is 349 g/mol. The van der Waals surface area contributed by atoms with Gasteiger partial charge < -0.3 is 10.4 Å². The quantitative estimate of drug-likeness (QED) is 0.803. The molecule has 0 fully saturated rings. The molecule has 2 aromatic rings. The summed E-state index contributed by atoms with van der Waals surface area (Å²) in [5.74, 6) is -2.21. The van der Waals surface area contributed by atoms with Gasteiger partial charge in [-0.25, -0.2) is 9.18 Å². The third-order valence-corrected chi connectivity index (χ3v) is 4.71. The van der Waals surface area contributed by atoms with Crippen LogP contribution < -0.4 is 5.32 Å².